The van der Waals surface area contributed by atoms with Gasteiger partial charge in [0.1, 0.15) is 0 Å². The molecule has 0 fully saturated rings. The van der Waals surface area contributed by atoms with E-state index in [4.69, 9.17) is 0 Å². The highest BCUT2D eigenvalue weighted by Gasteiger charge is 2.41. The third-order valence-corrected chi connectivity index (χ3v) is 17.2. The normalized spacial score (nSPS) is 12.6. The Kier molecular flexibility index (Phi) is 9.88. The molecule has 2 nitrogen and oxygen atoms in total. The first-order chi connectivity index (χ1) is 37.2. The van der Waals surface area contributed by atoms with Crippen LogP contribution in [0.25, 0.3) is 99.5 Å². The van der Waals surface area contributed by atoms with E-state index in [1.807, 2.05) is 0 Å². The van der Waals surface area contributed by atoms with Crippen LogP contribution >= 0.6 is 0 Å². The van der Waals surface area contributed by atoms with Crippen molar-refractivity contribution < 1.29 is 0 Å². The maximum absolute atomic E-state index is 2.68. The number of rotatable bonds is 6. The lowest BCUT2D eigenvalue weighted by Gasteiger charge is -2.34. The summed E-state index contributed by atoms with van der Waals surface area (Å²) in [5.41, 5.74) is 33.3. The van der Waals surface area contributed by atoms with Crippen molar-refractivity contribution in [1.29, 1.82) is 0 Å². The highest BCUT2D eigenvalue weighted by molar-refractivity contribution is 7.00. The van der Waals surface area contributed by atoms with E-state index >= 15 is 0 Å². The molecule has 4 heterocycles. The Hall–Kier alpha value is -8.85. The summed E-state index contributed by atoms with van der Waals surface area (Å²) in [7, 11) is 0. The van der Waals surface area contributed by atoms with E-state index in [9.17, 15) is 0 Å². The summed E-state index contributed by atoms with van der Waals surface area (Å²) in [6.07, 6.45) is 0. The van der Waals surface area contributed by atoms with Gasteiger partial charge in [-0.1, -0.05) is 226 Å². The summed E-state index contributed by atoms with van der Waals surface area (Å²) < 4.78 is 5.36. The molecule has 0 bridgehead atoms. The Morgan fingerprint density at radius 3 is 0.987 bits per heavy atom. The van der Waals surface area contributed by atoms with Crippen LogP contribution in [0.3, 0.4) is 0 Å². The minimum Gasteiger partial charge on any atom is -0.310 e. The number of para-hydroxylation sites is 2. The molecule has 2 aliphatic rings. The average Bonchev–Trinajstić information content (AvgIpc) is 4.05. The van der Waals surface area contributed by atoms with Crippen LogP contribution in [-0.4, -0.2) is 22.6 Å². The maximum atomic E-state index is 2.68. The summed E-state index contributed by atoms with van der Waals surface area (Å²) in [6, 6.07) is 83.1. The van der Waals surface area contributed by atoms with E-state index in [1.165, 1.54) is 166 Å². The monoisotopic (exact) mass is 968 g/mol. The van der Waals surface area contributed by atoms with Gasteiger partial charge >= 0.3 is 0 Å². The molecule has 13 aromatic rings. The number of aromatic nitrogens is 2. The van der Waals surface area contributed by atoms with Gasteiger partial charge < -0.3 is 9.13 Å². The van der Waals surface area contributed by atoms with Crippen LogP contribution in [0.5, 0.6) is 0 Å². The lowest BCUT2D eigenvalue weighted by Crippen LogP contribution is -2.61. The summed E-state index contributed by atoms with van der Waals surface area (Å²) >= 11 is 0. The number of benzene rings is 11. The Morgan fingerprint density at radius 2 is 0.632 bits per heavy atom. The fraction of sp³-hybridized carbons (Fsp3) is 0.0833. The number of aryl methyl sites for hydroxylation is 6. The minimum absolute atomic E-state index is 0.0364. The molecule has 0 aliphatic carbocycles. The zero-order valence-electron chi connectivity index (χ0n) is 43.8. The van der Waals surface area contributed by atoms with E-state index in [2.05, 4.69) is 269 Å². The second kappa shape index (κ2) is 16.8. The zero-order valence-corrected chi connectivity index (χ0v) is 43.8. The Labute approximate surface area is 445 Å². The number of fused-ring (bicyclic) bond motifs is 10. The molecule has 0 N–H and O–H groups in total. The second-order valence-electron chi connectivity index (χ2n) is 21.9. The molecule has 0 atom stereocenters. The van der Waals surface area contributed by atoms with Gasteiger partial charge in [-0.25, -0.2) is 0 Å². The smallest absolute Gasteiger partial charge is 0.247 e. The van der Waals surface area contributed by atoms with Crippen molar-refractivity contribution in [3.8, 4) is 55.9 Å². The van der Waals surface area contributed by atoms with Crippen LogP contribution in [0.15, 0.2) is 218 Å². The molecular formula is C72H54B2N2. The molecule has 0 saturated heterocycles. The van der Waals surface area contributed by atoms with Gasteiger partial charge in [-0.3, -0.25) is 0 Å². The van der Waals surface area contributed by atoms with Gasteiger partial charge in [-0.2, -0.15) is 0 Å². The highest BCUT2D eigenvalue weighted by Crippen LogP contribution is 2.45. The third-order valence-electron chi connectivity index (χ3n) is 17.2. The van der Waals surface area contributed by atoms with E-state index in [1.54, 1.807) is 0 Å². The van der Waals surface area contributed by atoms with Crippen LogP contribution in [0, 0.1) is 41.5 Å². The number of hydrogen-bond acceptors (Lipinski definition) is 0. The molecule has 11 aromatic carbocycles. The van der Waals surface area contributed by atoms with Gasteiger partial charge in [0.25, 0.3) is 0 Å². The Bertz CT molecular complexity index is 4230. The lowest BCUT2D eigenvalue weighted by atomic mass is 9.32. The highest BCUT2D eigenvalue weighted by atomic mass is 15.0. The third kappa shape index (κ3) is 6.50. The first-order valence-corrected chi connectivity index (χ1v) is 27.0. The van der Waals surface area contributed by atoms with Crippen LogP contribution in [0.2, 0.25) is 0 Å². The van der Waals surface area contributed by atoms with E-state index in [-0.39, 0.29) is 13.4 Å². The van der Waals surface area contributed by atoms with Gasteiger partial charge in [0.15, 0.2) is 0 Å². The lowest BCUT2D eigenvalue weighted by molar-refractivity contribution is 1.16. The number of hydrogen-bond donors (Lipinski definition) is 0. The van der Waals surface area contributed by atoms with Gasteiger partial charge in [0.2, 0.25) is 13.4 Å². The predicted molar refractivity (Wildman–Crippen MR) is 327 cm³/mol. The zero-order chi connectivity index (χ0) is 51.1. The van der Waals surface area contributed by atoms with E-state index < -0.39 is 0 Å². The first-order valence-electron chi connectivity index (χ1n) is 27.0. The van der Waals surface area contributed by atoms with Crippen LogP contribution in [0.4, 0.5) is 0 Å². The average molecular weight is 969 g/mol. The molecule has 0 amide bonds. The maximum Gasteiger partial charge on any atom is 0.247 e. The van der Waals surface area contributed by atoms with E-state index in [0.29, 0.717) is 0 Å². The summed E-state index contributed by atoms with van der Waals surface area (Å²) in [6.45, 7) is 13.8. The van der Waals surface area contributed by atoms with Crippen molar-refractivity contribution in [2.24, 2.45) is 0 Å². The van der Waals surface area contributed by atoms with Gasteiger partial charge in [0.05, 0.1) is 11.0 Å². The van der Waals surface area contributed by atoms with Crippen molar-refractivity contribution in [3.05, 3.63) is 252 Å². The summed E-state index contributed by atoms with van der Waals surface area (Å²) in [5.74, 6) is 0. The molecular weight excluding hydrogens is 914 g/mol. The molecule has 2 aliphatic heterocycles. The van der Waals surface area contributed by atoms with Gasteiger partial charge in [-0.15, -0.1) is 0 Å². The standard InChI is InChI=1S/C72H54B2N2/c1-43-33-45(3)69(46(4)34-43)73-59-31-19-29-55-67-57(51-25-15-9-16-26-51)37-53(49-21-11-7-12-22-49)39-65(67)75(71(55)59)63-42-62-64(41-61(63)73)76-66-40-54(50-23-13-8-14-24-50)38-58(52-27-17-10-18-28-52)68(66)56-30-20-32-60(72(56)76)74(62)70-47(5)35-44(2)36-48(70)6/h7-42H,1-6H3. The van der Waals surface area contributed by atoms with Gasteiger partial charge in [0, 0.05) is 44.0 Å². The van der Waals surface area contributed by atoms with Crippen molar-refractivity contribution in [2.45, 2.75) is 41.5 Å². The van der Waals surface area contributed by atoms with Crippen LogP contribution < -0.4 is 32.8 Å². The van der Waals surface area contributed by atoms with Crippen LogP contribution in [-0.2, 0) is 0 Å². The fourth-order valence-corrected chi connectivity index (χ4v) is 14.4. The molecule has 4 heteroatoms. The summed E-state index contributed by atoms with van der Waals surface area (Å²) in [5, 5.41) is 5.15. The molecule has 0 spiro atoms. The molecule has 76 heavy (non-hydrogen) atoms. The summed E-state index contributed by atoms with van der Waals surface area (Å²) in [4.78, 5) is 0. The predicted octanol–water partition coefficient (Wildman–Crippen LogP) is 14.1. The van der Waals surface area contributed by atoms with Crippen molar-refractivity contribution >= 4 is 89.8 Å². The molecule has 0 radical (unpaired) electrons. The topological polar surface area (TPSA) is 9.86 Å². The van der Waals surface area contributed by atoms with E-state index in [0.717, 1.165) is 0 Å². The van der Waals surface area contributed by atoms with Crippen LogP contribution in [0.1, 0.15) is 33.4 Å². The molecule has 358 valence electrons. The second-order valence-corrected chi connectivity index (χ2v) is 21.9. The van der Waals surface area contributed by atoms with Gasteiger partial charge in [-0.05, 0) is 144 Å². The quantitative estimate of drug-likeness (QED) is 0.147. The SMILES string of the molecule is Cc1cc(C)c(B2c3cc4c(cc3-n3c5cc(-c6ccccc6)cc(-c6ccccc6)c5c5cccc2c53)B(c2c(C)cc(C)cc2C)c2cccc3c5c(-c6ccccc6)cc(-c6ccccc6)cc5n-4c23)c(C)c1. The van der Waals surface area contributed by atoms with Crippen molar-refractivity contribution in [2.75, 3.05) is 0 Å². The molecule has 15 rings (SSSR count). The fourth-order valence-electron chi connectivity index (χ4n) is 14.4. The molecule has 2 aromatic heterocycles. The Balaban J connectivity index is 1.15. The largest absolute Gasteiger partial charge is 0.310 e. The number of nitrogens with zero attached hydrogens (tertiary/aromatic N) is 2. The Morgan fingerprint density at radius 1 is 0.289 bits per heavy atom. The minimum atomic E-state index is -0.0364. The molecule has 0 saturated carbocycles. The first kappa shape index (κ1) is 44.6. The van der Waals surface area contributed by atoms with Crippen molar-refractivity contribution in [1.82, 2.24) is 9.13 Å². The van der Waals surface area contributed by atoms with Crippen molar-refractivity contribution in [3.63, 3.8) is 0 Å². The molecule has 0 unspecified atom stereocenters.